The number of ether oxygens (including phenoxy) is 4. The predicted molar refractivity (Wildman–Crippen MR) is 177 cm³/mol. The topological polar surface area (TPSA) is 107 Å². The molecule has 0 aliphatic carbocycles. The van der Waals surface area contributed by atoms with Gasteiger partial charge in [-0.1, -0.05) is 35.9 Å². The molecule has 1 aliphatic rings. The first kappa shape index (κ1) is 35.6. The lowest BCUT2D eigenvalue weighted by Crippen LogP contribution is -2.25. The number of alkyl halides is 3. The summed E-state index contributed by atoms with van der Waals surface area (Å²) in [4.78, 5) is 5.48. The van der Waals surface area contributed by atoms with E-state index in [9.17, 15) is 21.6 Å². The fourth-order valence-electron chi connectivity index (χ4n) is 5.00. The number of benzene rings is 3. The molecule has 256 valence electrons. The monoisotopic (exact) mass is 724 g/mol. The molecule has 0 spiro atoms. The zero-order chi connectivity index (χ0) is 34.5. The minimum Gasteiger partial charge on any atom is -0.488 e. The van der Waals surface area contributed by atoms with Gasteiger partial charge in [0.2, 0.25) is 0 Å². The van der Waals surface area contributed by atoms with Crippen LogP contribution in [0.25, 0.3) is 11.1 Å². The van der Waals surface area contributed by atoms with Crippen LogP contribution >= 0.6 is 23.4 Å². The van der Waals surface area contributed by atoms with Crippen molar-refractivity contribution < 1.29 is 45.1 Å². The molecule has 0 radical (unpaired) electrons. The molecule has 0 bridgehead atoms. The molecule has 0 saturated carbocycles. The molecule has 0 fully saturated rings. The molecular formula is C33H32ClF3N2O7S2. The maximum atomic E-state index is 12.9. The maximum absolute atomic E-state index is 12.9. The third-order valence-electron chi connectivity index (χ3n) is 7.37. The molecule has 0 atom stereocenters. The Labute approximate surface area is 285 Å². The van der Waals surface area contributed by atoms with Crippen LogP contribution in [0.1, 0.15) is 22.3 Å². The van der Waals surface area contributed by atoms with Crippen molar-refractivity contribution in [1.82, 2.24) is 9.88 Å². The van der Waals surface area contributed by atoms with Crippen LogP contribution in [0, 0.1) is 6.92 Å². The molecule has 1 N–H and O–H groups in total. The number of thioether (sulfide) groups is 1. The largest absolute Gasteiger partial charge is 0.488 e. The van der Waals surface area contributed by atoms with Gasteiger partial charge in [-0.05, 0) is 72.3 Å². The summed E-state index contributed by atoms with van der Waals surface area (Å²) in [5.41, 5.74) is 0.344. The first-order valence-electron chi connectivity index (χ1n) is 14.6. The van der Waals surface area contributed by atoms with E-state index in [-0.39, 0.29) is 48.0 Å². The molecule has 1 aromatic heterocycles. The van der Waals surface area contributed by atoms with Crippen molar-refractivity contribution in [3.63, 3.8) is 0 Å². The van der Waals surface area contributed by atoms with E-state index < -0.39 is 21.4 Å². The molecular weight excluding hydrogens is 693 g/mol. The molecule has 2 heterocycles. The van der Waals surface area contributed by atoms with E-state index in [1.165, 1.54) is 12.3 Å². The van der Waals surface area contributed by atoms with Crippen LogP contribution < -0.4 is 18.9 Å². The maximum Gasteiger partial charge on any atom is 0.446 e. The van der Waals surface area contributed by atoms with E-state index in [2.05, 4.69) is 4.98 Å². The lowest BCUT2D eigenvalue weighted by atomic mass is 9.96. The SMILES string of the molecule is Cc1c(COc2cc(OCc3cncc(SC(F)(F)F)c3)c(CN(C)CCS(=O)(=O)O)cc2Cl)cccc1-c1ccc2c(c1)OCCO2. The van der Waals surface area contributed by atoms with E-state index in [4.69, 9.17) is 35.1 Å². The standard InChI is InChI=1S/C33H32ClF3N2O7S2/c1-21-24(4-3-5-27(21)23-6-7-29-32(14-23)44-10-9-43-29)20-46-31-15-30(25(13-28(31)34)18-39(2)8-11-48(40,41)42)45-19-22-12-26(17-38-16-22)47-33(35,36)37/h3-7,12-17H,8-11,18-20H2,1-2H3,(H,40,41,42). The van der Waals surface area contributed by atoms with Crippen LogP contribution in [-0.4, -0.2) is 60.9 Å². The number of hydrogen-bond acceptors (Lipinski definition) is 9. The van der Waals surface area contributed by atoms with Crippen LogP contribution in [-0.2, 0) is 29.9 Å². The minimum atomic E-state index is -4.47. The Morgan fingerprint density at radius 1 is 0.979 bits per heavy atom. The smallest absolute Gasteiger partial charge is 0.446 e. The highest BCUT2D eigenvalue weighted by molar-refractivity contribution is 8.00. The van der Waals surface area contributed by atoms with Gasteiger partial charge in [0.25, 0.3) is 10.1 Å². The molecule has 0 amide bonds. The van der Waals surface area contributed by atoms with E-state index in [1.807, 2.05) is 43.3 Å². The zero-order valence-electron chi connectivity index (χ0n) is 25.9. The van der Waals surface area contributed by atoms with Gasteiger partial charge in [0.15, 0.2) is 11.5 Å². The summed E-state index contributed by atoms with van der Waals surface area (Å²) in [6.07, 6.45) is 2.53. The van der Waals surface area contributed by atoms with Crippen LogP contribution in [0.4, 0.5) is 13.2 Å². The number of aromatic nitrogens is 1. The highest BCUT2D eigenvalue weighted by Gasteiger charge is 2.29. The molecule has 48 heavy (non-hydrogen) atoms. The molecule has 3 aromatic carbocycles. The third kappa shape index (κ3) is 9.92. The molecule has 9 nitrogen and oxygen atoms in total. The molecule has 4 aromatic rings. The van der Waals surface area contributed by atoms with Crippen molar-refractivity contribution in [3.05, 3.63) is 94.3 Å². The van der Waals surface area contributed by atoms with Crippen molar-refractivity contribution in [2.75, 3.05) is 32.6 Å². The Balaban J connectivity index is 1.37. The van der Waals surface area contributed by atoms with Gasteiger partial charge in [-0.3, -0.25) is 9.54 Å². The Morgan fingerprint density at radius 2 is 1.73 bits per heavy atom. The van der Waals surface area contributed by atoms with Crippen molar-refractivity contribution >= 4 is 33.5 Å². The quantitative estimate of drug-likeness (QED) is 0.110. The average molecular weight is 725 g/mol. The highest BCUT2D eigenvalue weighted by Crippen LogP contribution is 2.39. The number of rotatable bonds is 13. The second-order valence-electron chi connectivity index (χ2n) is 11.0. The zero-order valence-corrected chi connectivity index (χ0v) is 28.3. The number of halogens is 4. The van der Waals surface area contributed by atoms with Crippen molar-refractivity contribution in [3.8, 4) is 34.1 Å². The molecule has 0 unspecified atom stereocenters. The lowest BCUT2D eigenvalue weighted by molar-refractivity contribution is -0.0328. The Bertz CT molecular complexity index is 1880. The highest BCUT2D eigenvalue weighted by atomic mass is 35.5. The molecule has 15 heteroatoms. The molecule has 1 aliphatic heterocycles. The first-order chi connectivity index (χ1) is 22.7. The van der Waals surface area contributed by atoms with Crippen LogP contribution in [0.3, 0.4) is 0 Å². The second kappa shape index (κ2) is 15.2. The van der Waals surface area contributed by atoms with Crippen molar-refractivity contribution in [2.45, 2.75) is 37.1 Å². The van der Waals surface area contributed by atoms with Crippen molar-refractivity contribution in [2.24, 2.45) is 0 Å². The van der Waals surface area contributed by atoms with Crippen LogP contribution in [0.15, 0.2) is 71.9 Å². The summed E-state index contributed by atoms with van der Waals surface area (Å²) < 4.78 is 94.1. The van der Waals surface area contributed by atoms with E-state index in [0.29, 0.717) is 47.3 Å². The second-order valence-corrected chi connectivity index (χ2v) is 14.1. The number of pyridine rings is 1. The number of fused-ring (bicyclic) bond motifs is 1. The Morgan fingerprint density at radius 3 is 2.48 bits per heavy atom. The number of hydrogen-bond donors (Lipinski definition) is 1. The summed E-state index contributed by atoms with van der Waals surface area (Å²) in [5.74, 6) is 1.54. The predicted octanol–water partition coefficient (Wildman–Crippen LogP) is 7.57. The fourth-order valence-corrected chi connectivity index (χ4v) is 6.37. The summed E-state index contributed by atoms with van der Waals surface area (Å²) in [5, 5.41) is 0.270. The molecule has 5 rings (SSSR count). The average Bonchev–Trinajstić information content (AvgIpc) is 3.02. The summed E-state index contributed by atoms with van der Waals surface area (Å²) >= 11 is 6.38. The molecule has 0 saturated heterocycles. The first-order valence-corrected chi connectivity index (χ1v) is 17.4. The third-order valence-corrected chi connectivity index (χ3v) is 9.05. The van der Waals surface area contributed by atoms with E-state index in [0.717, 1.165) is 28.5 Å². The van der Waals surface area contributed by atoms with Gasteiger partial charge in [-0.2, -0.15) is 21.6 Å². The van der Waals surface area contributed by atoms with E-state index in [1.54, 1.807) is 24.1 Å². The van der Waals surface area contributed by atoms with Gasteiger partial charge >= 0.3 is 5.51 Å². The Hall–Kier alpha value is -3.69. The summed E-state index contributed by atoms with van der Waals surface area (Å²) in [6.45, 7) is 3.24. The minimum absolute atomic E-state index is 0.0216. The van der Waals surface area contributed by atoms with Gasteiger partial charge in [0.1, 0.15) is 37.9 Å². The van der Waals surface area contributed by atoms with Gasteiger partial charge < -0.3 is 23.8 Å². The fraction of sp³-hybridized carbons (Fsp3) is 0.303. The summed E-state index contributed by atoms with van der Waals surface area (Å²) in [7, 11) is -2.52. The van der Waals surface area contributed by atoms with Crippen molar-refractivity contribution in [1.29, 1.82) is 0 Å². The van der Waals surface area contributed by atoms with Crippen LogP contribution in [0.5, 0.6) is 23.0 Å². The Kier molecular flexibility index (Phi) is 11.3. The van der Waals surface area contributed by atoms with Gasteiger partial charge in [0, 0.05) is 47.6 Å². The van der Waals surface area contributed by atoms with Gasteiger partial charge in [0.05, 0.1) is 10.8 Å². The number of nitrogens with zero attached hydrogens (tertiary/aromatic N) is 2. The van der Waals surface area contributed by atoms with Gasteiger partial charge in [-0.15, -0.1) is 0 Å². The van der Waals surface area contributed by atoms with E-state index >= 15 is 0 Å². The normalized spacial score (nSPS) is 13.1. The summed E-state index contributed by atoms with van der Waals surface area (Å²) in [6, 6.07) is 16.2. The van der Waals surface area contributed by atoms with Crippen LogP contribution in [0.2, 0.25) is 5.02 Å². The lowest BCUT2D eigenvalue weighted by Gasteiger charge is -2.21. The van der Waals surface area contributed by atoms with Gasteiger partial charge in [-0.25, -0.2) is 0 Å².